The number of aliphatic hydroxyl groups excluding tert-OH is 1. The predicted octanol–water partition coefficient (Wildman–Crippen LogP) is 3.55. The average Bonchev–Trinajstić information content (AvgIpc) is 2.65. The van der Waals surface area contributed by atoms with Gasteiger partial charge in [0, 0.05) is 12.3 Å². The molecule has 0 bridgehead atoms. The first-order chi connectivity index (χ1) is 13.8. The van der Waals surface area contributed by atoms with E-state index in [1.807, 2.05) is 13.8 Å². The number of fused-ring (bicyclic) bond motifs is 1. The van der Waals surface area contributed by atoms with E-state index < -0.39 is 6.10 Å². The van der Waals surface area contributed by atoms with Crippen molar-refractivity contribution in [2.75, 3.05) is 0 Å². The third kappa shape index (κ3) is 6.21. The maximum absolute atomic E-state index is 12.5. The first-order valence-corrected chi connectivity index (χ1v) is 11.3. The Hall–Kier alpha value is -0.620. The van der Waals surface area contributed by atoms with Crippen LogP contribution >= 0.6 is 0 Å². The van der Waals surface area contributed by atoms with Crippen molar-refractivity contribution in [3.8, 4) is 0 Å². The van der Waals surface area contributed by atoms with E-state index in [0.29, 0.717) is 24.2 Å². The van der Waals surface area contributed by atoms with E-state index in [1.165, 1.54) is 5.57 Å². The van der Waals surface area contributed by atoms with Gasteiger partial charge in [0.1, 0.15) is 12.2 Å². The predicted molar refractivity (Wildman–Crippen MR) is 118 cm³/mol. The summed E-state index contributed by atoms with van der Waals surface area (Å²) >= 11 is 0. The molecule has 8 atom stereocenters. The first-order valence-electron chi connectivity index (χ1n) is 11.3. The van der Waals surface area contributed by atoms with Gasteiger partial charge < -0.3 is 14.6 Å². The SMILES string of the molecule is CC[C@H](C)C(=O)O[C@H]1C[C@@H](C)C=C2C=C[C@H](C)[C@H](CC[C@H]3C[C@@H](O)CC(=O)O3)[C@H]21.[NaH]. The summed E-state index contributed by atoms with van der Waals surface area (Å²) in [6.07, 6.45) is 9.70. The summed E-state index contributed by atoms with van der Waals surface area (Å²) in [6.45, 7) is 8.33. The fraction of sp³-hybridized carbons (Fsp3) is 0.750. The van der Waals surface area contributed by atoms with Crippen LogP contribution in [0.4, 0.5) is 0 Å². The van der Waals surface area contributed by atoms with Crippen molar-refractivity contribution in [1.82, 2.24) is 0 Å². The molecule has 1 aliphatic heterocycles. The number of cyclic esters (lactones) is 1. The van der Waals surface area contributed by atoms with Gasteiger partial charge in [-0.2, -0.15) is 0 Å². The summed E-state index contributed by atoms with van der Waals surface area (Å²) in [5.74, 6) is 0.755. The standard InChI is InChI=1S/C24H36O5.Na.H/c1-5-15(3)24(27)29-21-11-14(2)10-17-7-6-16(4)20(23(17)21)9-8-19-12-18(25)13-22(26)28-19;;/h6-7,10,14-16,18-21,23,25H,5,8-9,11-13H2,1-4H3;;/t14-,15-,16-,18+,19-,20-,21-,23-;;/m0../s1. The quantitative estimate of drug-likeness (QED) is 0.517. The molecule has 5 nitrogen and oxygen atoms in total. The van der Waals surface area contributed by atoms with E-state index in [9.17, 15) is 14.7 Å². The molecule has 1 N–H and O–H groups in total. The van der Waals surface area contributed by atoms with Crippen LogP contribution in [0.15, 0.2) is 23.8 Å². The molecule has 0 amide bonds. The van der Waals surface area contributed by atoms with Crippen LogP contribution in [0.2, 0.25) is 0 Å². The van der Waals surface area contributed by atoms with Crippen LogP contribution in [0.3, 0.4) is 0 Å². The minimum absolute atomic E-state index is 0. The molecule has 0 aromatic rings. The maximum atomic E-state index is 12.5. The topological polar surface area (TPSA) is 72.8 Å². The van der Waals surface area contributed by atoms with E-state index in [0.717, 1.165) is 25.7 Å². The average molecular weight is 429 g/mol. The van der Waals surface area contributed by atoms with Gasteiger partial charge >= 0.3 is 41.5 Å². The van der Waals surface area contributed by atoms with Crippen LogP contribution in [-0.4, -0.2) is 64.9 Å². The van der Waals surface area contributed by atoms with Crippen LogP contribution in [0.5, 0.6) is 0 Å². The van der Waals surface area contributed by atoms with E-state index in [-0.39, 0.29) is 72.0 Å². The zero-order chi connectivity index (χ0) is 21.1. The van der Waals surface area contributed by atoms with Crippen molar-refractivity contribution in [3.05, 3.63) is 23.8 Å². The molecule has 0 radical (unpaired) electrons. The number of carbonyl (C=O) groups excluding carboxylic acids is 2. The molecular formula is C24H37NaO5. The number of carbonyl (C=O) groups is 2. The number of allylic oxidation sites excluding steroid dienone is 3. The second-order valence-electron chi connectivity index (χ2n) is 9.36. The van der Waals surface area contributed by atoms with Gasteiger partial charge in [-0.1, -0.05) is 45.9 Å². The van der Waals surface area contributed by atoms with Crippen molar-refractivity contribution < 1.29 is 24.2 Å². The van der Waals surface area contributed by atoms with Gasteiger partial charge in [-0.05, 0) is 49.0 Å². The Kier molecular flexibility index (Phi) is 9.66. The molecule has 30 heavy (non-hydrogen) atoms. The number of ether oxygens (including phenoxy) is 2. The second kappa shape index (κ2) is 11.3. The van der Waals surface area contributed by atoms with Gasteiger partial charge in [0.2, 0.25) is 0 Å². The third-order valence-corrected chi connectivity index (χ3v) is 6.93. The Morgan fingerprint density at radius 3 is 2.70 bits per heavy atom. The van der Waals surface area contributed by atoms with Crippen LogP contribution in [0, 0.1) is 29.6 Å². The van der Waals surface area contributed by atoms with Crippen molar-refractivity contribution >= 4 is 41.5 Å². The van der Waals surface area contributed by atoms with Gasteiger partial charge in [0.15, 0.2) is 0 Å². The Balaban J connectivity index is 0.00000320. The van der Waals surface area contributed by atoms with E-state index in [1.54, 1.807) is 0 Å². The molecule has 0 aromatic carbocycles. The molecule has 1 saturated heterocycles. The zero-order valence-electron chi connectivity index (χ0n) is 18.2. The minimum atomic E-state index is -0.597. The van der Waals surface area contributed by atoms with Crippen LogP contribution in [-0.2, 0) is 19.1 Å². The van der Waals surface area contributed by atoms with Crippen molar-refractivity contribution in [2.24, 2.45) is 29.6 Å². The van der Waals surface area contributed by atoms with Crippen molar-refractivity contribution in [1.29, 1.82) is 0 Å². The molecule has 1 fully saturated rings. The van der Waals surface area contributed by atoms with E-state index >= 15 is 0 Å². The molecule has 0 aromatic heterocycles. The molecule has 0 spiro atoms. The summed E-state index contributed by atoms with van der Waals surface area (Å²) < 4.78 is 11.5. The molecule has 1 heterocycles. The normalized spacial score (nSPS) is 36.6. The Bertz CT molecular complexity index is 673. The van der Waals surface area contributed by atoms with Gasteiger partial charge in [-0.15, -0.1) is 0 Å². The molecule has 3 aliphatic rings. The molecule has 3 rings (SSSR count). The van der Waals surface area contributed by atoms with Gasteiger partial charge in [-0.25, -0.2) is 0 Å². The Labute approximate surface area is 202 Å². The first kappa shape index (κ1) is 25.6. The molecule has 0 saturated carbocycles. The number of esters is 2. The van der Waals surface area contributed by atoms with Gasteiger partial charge in [0.05, 0.1) is 18.4 Å². The van der Waals surface area contributed by atoms with Crippen LogP contribution in [0.1, 0.15) is 66.2 Å². The number of hydrogen-bond acceptors (Lipinski definition) is 5. The fourth-order valence-electron chi connectivity index (χ4n) is 5.07. The summed E-state index contributed by atoms with van der Waals surface area (Å²) in [4.78, 5) is 24.2. The zero-order valence-corrected chi connectivity index (χ0v) is 18.2. The Morgan fingerprint density at radius 2 is 2.03 bits per heavy atom. The van der Waals surface area contributed by atoms with Crippen LogP contribution in [0.25, 0.3) is 0 Å². The summed E-state index contributed by atoms with van der Waals surface area (Å²) in [7, 11) is 0. The van der Waals surface area contributed by atoms with Crippen molar-refractivity contribution in [3.63, 3.8) is 0 Å². The van der Waals surface area contributed by atoms with E-state index in [4.69, 9.17) is 9.47 Å². The summed E-state index contributed by atoms with van der Waals surface area (Å²) in [5, 5.41) is 9.89. The molecule has 2 aliphatic carbocycles. The fourth-order valence-corrected chi connectivity index (χ4v) is 5.07. The summed E-state index contributed by atoms with van der Waals surface area (Å²) in [6, 6.07) is 0. The number of aliphatic hydroxyl groups is 1. The number of rotatable bonds is 6. The van der Waals surface area contributed by atoms with Crippen molar-refractivity contribution in [2.45, 2.75) is 84.5 Å². The molecular weight excluding hydrogens is 391 g/mol. The van der Waals surface area contributed by atoms with Gasteiger partial charge in [-0.3, -0.25) is 9.59 Å². The molecule has 164 valence electrons. The molecule has 6 heteroatoms. The number of hydrogen-bond donors (Lipinski definition) is 1. The van der Waals surface area contributed by atoms with Crippen LogP contribution < -0.4 is 0 Å². The Morgan fingerprint density at radius 1 is 1.30 bits per heavy atom. The van der Waals surface area contributed by atoms with Gasteiger partial charge in [0.25, 0.3) is 0 Å². The monoisotopic (exact) mass is 428 g/mol. The third-order valence-electron chi connectivity index (χ3n) is 6.93. The molecule has 0 unspecified atom stereocenters. The van der Waals surface area contributed by atoms with E-state index in [2.05, 4.69) is 32.1 Å². The summed E-state index contributed by atoms with van der Waals surface area (Å²) in [5.41, 5.74) is 1.27. The second-order valence-corrected chi connectivity index (χ2v) is 9.36.